The molecule has 6 nitrogen and oxygen atoms in total. The van der Waals surface area contributed by atoms with Crippen molar-refractivity contribution in [1.82, 2.24) is 4.90 Å². The molecule has 1 aliphatic rings. The molecule has 1 atom stereocenters. The van der Waals surface area contributed by atoms with Gasteiger partial charge in [0.05, 0.1) is 26.9 Å². The fraction of sp³-hybridized carbons (Fsp3) is 0.556. The van der Waals surface area contributed by atoms with Crippen LogP contribution in [0.5, 0.6) is 5.75 Å². The Morgan fingerprint density at radius 3 is 2.92 bits per heavy atom. The third-order valence-corrected chi connectivity index (χ3v) is 3.97. The lowest BCUT2D eigenvalue weighted by molar-refractivity contribution is -0.160. The van der Waals surface area contributed by atoms with Crippen LogP contribution < -0.4 is 4.74 Å². The number of carbonyl (C=O) groups is 2. The number of methoxy groups -OCH3 is 1. The Kier molecular flexibility index (Phi) is 7.06. The van der Waals surface area contributed by atoms with E-state index in [2.05, 4.69) is 0 Å². The summed E-state index contributed by atoms with van der Waals surface area (Å²) in [5, 5.41) is 0. The Labute approximate surface area is 142 Å². The number of aryl methyl sites for hydroxylation is 1. The molecule has 1 unspecified atom stereocenters. The van der Waals surface area contributed by atoms with Crippen LogP contribution in [-0.2, 0) is 19.1 Å². The fourth-order valence-electron chi connectivity index (χ4n) is 2.65. The van der Waals surface area contributed by atoms with Crippen molar-refractivity contribution in [2.45, 2.75) is 32.2 Å². The first-order chi connectivity index (χ1) is 11.6. The molecule has 0 aromatic heterocycles. The highest BCUT2D eigenvalue weighted by Crippen LogP contribution is 2.14. The smallest absolute Gasteiger partial charge is 0.331 e. The maximum Gasteiger partial charge on any atom is 0.331 e. The Morgan fingerprint density at radius 2 is 2.17 bits per heavy atom. The van der Waals surface area contributed by atoms with Gasteiger partial charge >= 0.3 is 5.97 Å². The van der Waals surface area contributed by atoms with E-state index >= 15 is 0 Å². The normalized spacial score (nSPS) is 17.4. The number of carbonyl (C=O) groups excluding carboxylic acids is 2. The van der Waals surface area contributed by atoms with E-state index in [4.69, 9.17) is 14.2 Å². The summed E-state index contributed by atoms with van der Waals surface area (Å²) in [6.45, 7) is 3.68. The molecule has 0 spiro atoms. The van der Waals surface area contributed by atoms with Gasteiger partial charge in [-0.2, -0.15) is 0 Å². The number of benzene rings is 1. The standard InChI is InChI=1S/C18H25NO5/c1-14-6-5-7-15(12-14)24-10-4-3-8-17(20)19-9-11-23-13-16(19)18(21)22-2/h5-7,12,16H,3-4,8-11,13H2,1-2H3. The first kappa shape index (κ1) is 18.3. The average molecular weight is 335 g/mol. The second kappa shape index (κ2) is 9.27. The van der Waals surface area contributed by atoms with Crippen LogP contribution >= 0.6 is 0 Å². The van der Waals surface area contributed by atoms with Crippen molar-refractivity contribution < 1.29 is 23.8 Å². The van der Waals surface area contributed by atoms with Crippen LogP contribution in [0.25, 0.3) is 0 Å². The van der Waals surface area contributed by atoms with E-state index in [0.29, 0.717) is 26.2 Å². The lowest BCUT2D eigenvalue weighted by atomic mass is 10.1. The number of morpholine rings is 1. The molecule has 0 aliphatic carbocycles. The molecule has 0 radical (unpaired) electrons. The maximum atomic E-state index is 12.3. The van der Waals surface area contributed by atoms with Crippen LogP contribution in [0.1, 0.15) is 24.8 Å². The van der Waals surface area contributed by atoms with E-state index in [9.17, 15) is 9.59 Å². The van der Waals surface area contributed by atoms with E-state index in [1.807, 2.05) is 31.2 Å². The topological polar surface area (TPSA) is 65.1 Å². The van der Waals surface area contributed by atoms with Crippen LogP contribution in [0, 0.1) is 6.92 Å². The third-order valence-electron chi connectivity index (χ3n) is 3.97. The number of unbranched alkanes of at least 4 members (excludes halogenated alkanes) is 1. The van der Waals surface area contributed by atoms with Gasteiger partial charge in [0.2, 0.25) is 5.91 Å². The van der Waals surface area contributed by atoms with E-state index < -0.39 is 12.0 Å². The van der Waals surface area contributed by atoms with Crippen LogP contribution in [0.4, 0.5) is 0 Å². The van der Waals surface area contributed by atoms with E-state index in [1.54, 1.807) is 4.90 Å². The number of hydrogen-bond donors (Lipinski definition) is 0. The lowest BCUT2D eigenvalue weighted by Gasteiger charge is -2.33. The molecule has 1 fully saturated rings. The first-order valence-corrected chi connectivity index (χ1v) is 8.26. The summed E-state index contributed by atoms with van der Waals surface area (Å²) in [6, 6.07) is 7.26. The van der Waals surface area contributed by atoms with Gasteiger partial charge in [-0.05, 0) is 37.5 Å². The predicted molar refractivity (Wildman–Crippen MR) is 88.9 cm³/mol. The summed E-state index contributed by atoms with van der Waals surface area (Å²) in [5.74, 6) is 0.385. The van der Waals surface area contributed by atoms with Crippen molar-refractivity contribution >= 4 is 11.9 Å². The molecule has 0 saturated carbocycles. The summed E-state index contributed by atoms with van der Waals surface area (Å²) in [5.41, 5.74) is 1.16. The van der Waals surface area contributed by atoms with E-state index in [0.717, 1.165) is 24.2 Å². The van der Waals surface area contributed by atoms with Crippen LogP contribution in [0.2, 0.25) is 0 Å². The summed E-state index contributed by atoms with van der Waals surface area (Å²) in [7, 11) is 1.32. The molecule has 0 N–H and O–H groups in total. The molecular weight excluding hydrogens is 310 g/mol. The van der Waals surface area contributed by atoms with Crippen molar-refractivity contribution in [2.24, 2.45) is 0 Å². The van der Waals surface area contributed by atoms with Gasteiger partial charge in [-0.25, -0.2) is 4.79 Å². The molecule has 6 heteroatoms. The average Bonchev–Trinajstić information content (AvgIpc) is 2.60. The number of ether oxygens (including phenoxy) is 3. The van der Waals surface area contributed by atoms with E-state index in [1.165, 1.54) is 7.11 Å². The second-order valence-corrected chi connectivity index (χ2v) is 5.82. The summed E-state index contributed by atoms with van der Waals surface area (Å²) in [4.78, 5) is 25.6. The molecule has 132 valence electrons. The predicted octanol–water partition coefficient (Wildman–Crippen LogP) is 1.94. The monoisotopic (exact) mass is 335 g/mol. The number of rotatable bonds is 7. The van der Waals surface area contributed by atoms with Gasteiger partial charge in [0.25, 0.3) is 0 Å². The minimum absolute atomic E-state index is 0.0377. The number of esters is 1. The highest BCUT2D eigenvalue weighted by molar-refractivity contribution is 5.84. The van der Waals surface area contributed by atoms with Gasteiger partial charge in [0.15, 0.2) is 6.04 Å². The van der Waals surface area contributed by atoms with Crippen molar-refractivity contribution in [3.63, 3.8) is 0 Å². The zero-order valence-electron chi connectivity index (χ0n) is 14.3. The quantitative estimate of drug-likeness (QED) is 0.563. The summed E-state index contributed by atoms with van der Waals surface area (Å²) >= 11 is 0. The largest absolute Gasteiger partial charge is 0.494 e. The molecule has 1 aromatic rings. The highest BCUT2D eigenvalue weighted by Gasteiger charge is 2.33. The first-order valence-electron chi connectivity index (χ1n) is 8.26. The number of hydrogen-bond acceptors (Lipinski definition) is 5. The molecule has 1 saturated heterocycles. The Morgan fingerprint density at radius 1 is 1.33 bits per heavy atom. The Hall–Kier alpha value is -2.08. The van der Waals surface area contributed by atoms with Crippen molar-refractivity contribution in [2.75, 3.05) is 33.5 Å². The molecule has 1 amide bonds. The van der Waals surface area contributed by atoms with Gasteiger partial charge in [-0.3, -0.25) is 4.79 Å². The summed E-state index contributed by atoms with van der Waals surface area (Å²) < 4.78 is 15.7. The fourth-order valence-corrected chi connectivity index (χ4v) is 2.65. The molecular formula is C18H25NO5. The van der Waals surface area contributed by atoms with Crippen LogP contribution in [0.15, 0.2) is 24.3 Å². The van der Waals surface area contributed by atoms with Gasteiger partial charge in [-0.15, -0.1) is 0 Å². The number of nitrogens with zero attached hydrogens (tertiary/aromatic N) is 1. The Bertz CT molecular complexity index is 560. The van der Waals surface area contributed by atoms with Gasteiger partial charge in [0.1, 0.15) is 5.75 Å². The third kappa shape index (κ3) is 5.23. The maximum absolute atomic E-state index is 12.3. The minimum atomic E-state index is -0.625. The lowest BCUT2D eigenvalue weighted by Crippen LogP contribution is -2.52. The second-order valence-electron chi connectivity index (χ2n) is 5.82. The zero-order valence-corrected chi connectivity index (χ0v) is 14.3. The minimum Gasteiger partial charge on any atom is -0.494 e. The Balaban J connectivity index is 1.71. The van der Waals surface area contributed by atoms with Crippen LogP contribution in [0.3, 0.4) is 0 Å². The molecule has 1 aliphatic heterocycles. The van der Waals surface area contributed by atoms with Gasteiger partial charge in [0, 0.05) is 13.0 Å². The molecule has 1 aromatic carbocycles. The van der Waals surface area contributed by atoms with Gasteiger partial charge in [-0.1, -0.05) is 12.1 Å². The SMILES string of the molecule is COC(=O)C1COCCN1C(=O)CCCCOc1cccc(C)c1. The van der Waals surface area contributed by atoms with E-state index in [-0.39, 0.29) is 12.5 Å². The molecule has 1 heterocycles. The van der Waals surface area contributed by atoms with Crippen LogP contribution in [-0.4, -0.2) is 56.3 Å². The van der Waals surface area contributed by atoms with Crippen molar-refractivity contribution in [3.05, 3.63) is 29.8 Å². The van der Waals surface area contributed by atoms with Gasteiger partial charge < -0.3 is 19.1 Å². The highest BCUT2D eigenvalue weighted by atomic mass is 16.5. The molecule has 0 bridgehead atoms. The van der Waals surface area contributed by atoms with Crippen molar-refractivity contribution in [3.8, 4) is 5.75 Å². The number of amides is 1. The zero-order chi connectivity index (χ0) is 17.4. The molecule has 24 heavy (non-hydrogen) atoms. The van der Waals surface area contributed by atoms with Crippen molar-refractivity contribution in [1.29, 1.82) is 0 Å². The molecule has 2 rings (SSSR count). The summed E-state index contributed by atoms with van der Waals surface area (Å²) in [6.07, 6.45) is 1.90.